The second-order valence-corrected chi connectivity index (χ2v) is 10.0. The van der Waals surface area contributed by atoms with Crippen molar-refractivity contribution in [1.29, 1.82) is 0 Å². The smallest absolute Gasteiger partial charge is 0.335 e. The molecule has 0 saturated carbocycles. The van der Waals surface area contributed by atoms with Crippen LogP contribution in [0, 0.1) is 12.8 Å². The highest BCUT2D eigenvalue weighted by Gasteiger charge is 2.34. The molecule has 8 nitrogen and oxygen atoms in total. The Morgan fingerprint density at radius 1 is 1.12 bits per heavy atom. The van der Waals surface area contributed by atoms with Gasteiger partial charge in [0.25, 0.3) is 0 Å². The maximum absolute atomic E-state index is 12.7. The summed E-state index contributed by atoms with van der Waals surface area (Å²) in [6.07, 6.45) is 0.185. The van der Waals surface area contributed by atoms with Gasteiger partial charge in [0.05, 0.1) is 11.5 Å². The molecule has 1 aliphatic heterocycles. The molecule has 0 aliphatic carbocycles. The van der Waals surface area contributed by atoms with Gasteiger partial charge in [0, 0.05) is 25.3 Å². The quantitative estimate of drug-likeness (QED) is 0.371. The number of anilines is 1. The fraction of sp³-hybridized carbons (Fsp3) is 0.261. The van der Waals surface area contributed by atoms with Crippen molar-refractivity contribution in [3.63, 3.8) is 0 Å². The van der Waals surface area contributed by atoms with Crippen molar-refractivity contribution >= 4 is 46.0 Å². The molecule has 2 N–H and O–H groups in total. The van der Waals surface area contributed by atoms with Crippen LogP contribution in [-0.4, -0.2) is 44.5 Å². The number of nitrogens with one attached hydrogen (secondary N) is 1. The Kier molecular flexibility index (Phi) is 7.05. The number of aryl methyl sites for hydroxylation is 1. The van der Waals surface area contributed by atoms with Crippen LogP contribution < -0.4 is 5.32 Å². The van der Waals surface area contributed by atoms with Crippen LogP contribution in [-0.2, 0) is 21.9 Å². The average molecular weight is 483 g/mol. The van der Waals surface area contributed by atoms with E-state index >= 15 is 0 Å². The molecule has 1 aromatic heterocycles. The lowest BCUT2D eigenvalue weighted by Crippen LogP contribution is -2.28. The molecular weight excluding hydrogens is 460 g/mol. The van der Waals surface area contributed by atoms with E-state index in [1.165, 1.54) is 23.1 Å². The number of hydrogen-bond acceptors (Lipinski definition) is 7. The zero-order valence-electron chi connectivity index (χ0n) is 17.9. The molecule has 3 aromatic rings. The van der Waals surface area contributed by atoms with E-state index < -0.39 is 11.9 Å². The third-order valence-electron chi connectivity index (χ3n) is 5.28. The molecule has 0 bridgehead atoms. The number of aromatic nitrogens is 2. The molecule has 0 radical (unpaired) electrons. The number of rotatable bonds is 8. The van der Waals surface area contributed by atoms with Crippen molar-refractivity contribution in [2.45, 2.75) is 30.0 Å². The lowest BCUT2D eigenvalue weighted by molar-refractivity contribution is -0.128. The number of nitrogens with zero attached hydrogens (tertiary/aromatic N) is 3. The number of carboxylic acid groups (broad SMARTS) is 1. The Balaban J connectivity index is 1.28. The number of thioether (sulfide) groups is 1. The summed E-state index contributed by atoms with van der Waals surface area (Å²) in [6.45, 7) is 2.89. The van der Waals surface area contributed by atoms with Crippen LogP contribution in [0.4, 0.5) is 5.13 Å². The van der Waals surface area contributed by atoms with Gasteiger partial charge in [-0.05, 0) is 30.2 Å². The maximum Gasteiger partial charge on any atom is 0.335 e. The number of benzene rings is 2. The third-order valence-corrected chi connectivity index (χ3v) is 7.32. The van der Waals surface area contributed by atoms with Gasteiger partial charge in [-0.1, -0.05) is 65.1 Å². The Labute approximate surface area is 199 Å². The number of aromatic carboxylic acids is 1. The second-order valence-electron chi connectivity index (χ2n) is 7.81. The third kappa shape index (κ3) is 5.96. The van der Waals surface area contributed by atoms with Gasteiger partial charge in [-0.15, -0.1) is 10.2 Å². The molecular formula is C23H22N4O4S2. The normalized spacial score (nSPS) is 15.6. The van der Waals surface area contributed by atoms with Gasteiger partial charge in [0.1, 0.15) is 0 Å². The highest BCUT2D eigenvalue weighted by atomic mass is 32.2. The minimum Gasteiger partial charge on any atom is -0.478 e. The van der Waals surface area contributed by atoms with Crippen molar-refractivity contribution in [2.24, 2.45) is 5.92 Å². The van der Waals surface area contributed by atoms with Crippen LogP contribution in [0.2, 0.25) is 0 Å². The van der Waals surface area contributed by atoms with Crippen molar-refractivity contribution in [1.82, 2.24) is 15.1 Å². The standard InChI is InChI=1S/C23H22N4O4S2/c1-14-2-4-15(5-3-14)11-27-12-18(10-19(27)28)20(29)24-22-25-26-23(33-22)32-13-16-6-8-17(9-7-16)21(30)31/h2-9,18H,10-13H2,1H3,(H,30,31)(H,24,25,29)/t18-/m1/s1. The van der Waals surface area contributed by atoms with Crippen LogP contribution in [0.1, 0.15) is 33.5 Å². The number of amides is 2. The first-order valence-corrected chi connectivity index (χ1v) is 12.1. The summed E-state index contributed by atoms with van der Waals surface area (Å²) in [5.74, 6) is -1.03. The molecule has 0 unspecified atom stereocenters. The summed E-state index contributed by atoms with van der Waals surface area (Å²) in [5, 5.41) is 20.3. The molecule has 0 spiro atoms. The number of carbonyl (C=O) groups excluding carboxylic acids is 2. The molecule has 2 aromatic carbocycles. The molecule has 1 fully saturated rings. The van der Waals surface area contributed by atoms with E-state index in [1.54, 1.807) is 29.2 Å². The fourth-order valence-corrected chi connectivity index (χ4v) is 5.14. The Morgan fingerprint density at radius 2 is 1.82 bits per heavy atom. The monoisotopic (exact) mass is 482 g/mol. The van der Waals surface area contributed by atoms with Crippen molar-refractivity contribution in [3.05, 3.63) is 70.8 Å². The summed E-state index contributed by atoms with van der Waals surface area (Å²) < 4.78 is 0.691. The van der Waals surface area contributed by atoms with Gasteiger partial charge in [0.15, 0.2) is 4.34 Å². The van der Waals surface area contributed by atoms with Crippen LogP contribution in [0.3, 0.4) is 0 Å². The minimum atomic E-state index is -0.957. The zero-order chi connectivity index (χ0) is 23.4. The lowest BCUT2D eigenvalue weighted by Gasteiger charge is -2.16. The SMILES string of the molecule is Cc1ccc(CN2C[C@H](C(=O)Nc3nnc(SCc4ccc(C(=O)O)cc4)s3)CC2=O)cc1. The largest absolute Gasteiger partial charge is 0.478 e. The highest BCUT2D eigenvalue weighted by molar-refractivity contribution is 8.00. The average Bonchev–Trinajstić information content (AvgIpc) is 3.40. The predicted octanol–water partition coefficient (Wildman–Crippen LogP) is 3.82. The van der Waals surface area contributed by atoms with Gasteiger partial charge in [-0.2, -0.15) is 0 Å². The summed E-state index contributed by atoms with van der Waals surface area (Å²) in [7, 11) is 0. The van der Waals surface area contributed by atoms with E-state index in [0.29, 0.717) is 28.3 Å². The number of carbonyl (C=O) groups is 3. The van der Waals surface area contributed by atoms with E-state index in [4.69, 9.17) is 5.11 Å². The zero-order valence-corrected chi connectivity index (χ0v) is 19.5. The van der Waals surface area contributed by atoms with Gasteiger partial charge in [0.2, 0.25) is 16.9 Å². The van der Waals surface area contributed by atoms with E-state index in [0.717, 1.165) is 16.7 Å². The van der Waals surface area contributed by atoms with E-state index in [-0.39, 0.29) is 23.8 Å². The molecule has 2 amide bonds. The number of carboxylic acids is 1. The highest BCUT2D eigenvalue weighted by Crippen LogP contribution is 2.29. The van der Waals surface area contributed by atoms with Gasteiger partial charge in [-0.3, -0.25) is 9.59 Å². The molecule has 2 heterocycles. The van der Waals surface area contributed by atoms with E-state index in [1.807, 2.05) is 31.2 Å². The molecule has 1 atom stereocenters. The molecule has 1 saturated heterocycles. The van der Waals surface area contributed by atoms with E-state index in [2.05, 4.69) is 15.5 Å². The van der Waals surface area contributed by atoms with Crippen molar-refractivity contribution in [3.8, 4) is 0 Å². The Morgan fingerprint density at radius 3 is 2.52 bits per heavy atom. The van der Waals surface area contributed by atoms with E-state index in [9.17, 15) is 14.4 Å². The molecule has 170 valence electrons. The Bertz CT molecular complexity index is 1160. The van der Waals surface area contributed by atoms with Crippen LogP contribution in [0.5, 0.6) is 0 Å². The number of likely N-dealkylation sites (tertiary alicyclic amines) is 1. The second kappa shape index (κ2) is 10.1. The van der Waals surface area contributed by atoms with Crippen LogP contribution in [0.25, 0.3) is 0 Å². The summed E-state index contributed by atoms with van der Waals surface area (Å²) in [4.78, 5) is 37.7. The molecule has 4 rings (SSSR count). The fourth-order valence-electron chi connectivity index (χ4n) is 3.43. The van der Waals surface area contributed by atoms with Gasteiger partial charge in [-0.25, -0.2) is 4.79 Å². The summed E-state index contributed by atoms with van der Waals surface area (Å²) >= 11 is 2.72. The van der Waals surface area contributed by atoms with Crippen LogP contribution >= 0.6 is 23.1 Å². The van der Waals surface area contributed by atoms with Crippen molar-refractivity contribution < 1.29 is 19.5 Å². The first-order chi connectivity index (χ1) is 15.9. The molecule has 1 aliphatic rings. The topological polar surface area (TPSA) is 112 Å². The van der Waals surface area contributed by atoms with Crippen molar-refractivity contribution in [2.75, 3.05) is 11.9 Å². The molecule has 33 heavy (non-hydrogen) atoms. The number of hydrogen-bond donors (Lipinski definition) is 2. The van der Waals surface area contributed by atoms with Crippen LogP contribution in [0.15, 0.2) is 52.9 Å². The van der Waals surface area contributed by atoms with Gasteiger partial charge < -0.3 is 15.3 Å². The minimum absolute atomic E-state index is 0.0295. The summed E-state index contributed by atoms with van der Waals surface area (Å²) in [6, 6.07) is 14.7. The lowest BCUT2D eigenvalue weighted by atomic mass is 10.1. The van der Waals surface area contributed by atoms with Gasteiger partial charge >= 0.3 is 5.97 Å². The first kappa shape index (κ1) is 22.9. The maximum atomic E-state index is 12.7. The molecule has 10 heteroatoms. The summed E-state index contributed by atoms with van der Waals surface area (Å²) in [5.41, 5.74) is 3.41. The Hall–Kier alpha value is -3.24. The predicted molar refractivity (Wildman–Crippen MR) is 126 cm³/mol. The first-order valence-electron chi connectivity index (χ1n) is 10.3.